The van der Waals surface area contributed by atoms with Gasteiger partial charge in [-0.25, -0.2) is 0 Å². The predicted octanol–water partition coefficient (Wildman–Crippen LogP) is 3.89. The molecule has 7 heteroatoms. The van der Waals surface area contributed by atoms with Gasteiger partial charge in [-0.15, -0.1) is 0 Å². The molecule has 0 bridgehead atoms. The lowest BCUT2D eigenvalue weighted by molar-refractivity contribution is -0.385. The molecule has 3 rings (SSSR count). The van der Waals surface area contributed by atoms with E-state index >= 15 is 0 Å². The molecule has 29 heavy (non-hydrogen) atoms. The van der Waals surface area contributed by atoms with E-state index in [2.05, 4.69) is 5.32 Å². The lowest BCUT2D eigenvalue weighted by atomic mass is 9.98. The minimum atomic E-state index is -0.544. The van der Waals surface area contributed by atoms with E-state index in [4.69, 9.17) is 9.47 Å². The quantitative estimate of drug-likeness (QED) is 0.464. The van der Waals surface area contributed by atoms with Crippen LogP contribution in [0.4, 0.5) is 5.69 Å². The van der Waals surface area contributed by atoms with Gasteiger partial charge in [-0.3, -0.25) is 14.9 Å². The molecule has 7 nitrogen and oxygen atoms in total. The highest BCUT2D eigenvalue weighted by Gasteiger charge is 2.19. The monoisotopic (exact) mass is 392 g/mol. The van der Waals surface area contributed by atoms with Crippen molar-refractivity contribution >= 4 is 11.6 Å². The molecule has 3 aromatic carbocycles. The summed E-state index contributed by atoms with van der Waals surface area (Å²) >= 11 is 0. The summed E-state index contributed by atoms with van der Waals surface area (Å²) in [4.78, 5) is 23.1. The Bertz CT molecular complexity index is 974. The number of carbonyl (C=O) groups is 1. The number of para-hydroxylation sites is 2. The zero-order chi connectivity index (χ0) is 20.6. The van der Waals surface area contributed by atoms with Gasteiger partial charge in [0.1, 0.15) is 5.75 Å². The second-order valence-electron chi connectivity index (χ2n) is 6.20. The number of rotatable bonds is 8. The van der Waals surface area contributed by atoms with Crippen LogP contribution in [0.2, 0.25) is 0 Å². The van der Waals surface area contributed by atoms with Gasteiger partial charge in [0, 0.05) is 6.07 Å². The number of nitro groups is 1. The Morgan fingerprint density at radius 1 is 0.966 bits per heavy atom. The molecule has 0 heterocycles. The standard InChI is InChI=1S/C22H20N2O5/c1-28-18-13-11-17(12-14-18)22(16-7-3-2-4-8-16)23-21(25)15-29-20-10-6-5-9-19(20)24(26)27/h2-14,22H,15H2,1H3,(H,23,25). The summed E-state index contributed by atoms with van der Waals surface area (Å²) in [7, 11) is 1.59. The Kier molecular flexibility index (Phi) is 6.42. The van der Waals surface area contributed by atoms with Gasteiger partial charge in [0.15, 0.2) is 12.4 Å². The molecular weight excluding hydrogens is 372 g/mol. The van der Waals surface area contributed by atoms with Gasteiger partial charge >= 0.3 is 5.69 Å². The minimum Gasteiger partial charge on any atom is -0.497 e. The van der Waals surface area contributed by atoms with Gasteiger partial charge in [-0.05, 0) is 29.3 Å². The molecular formula is C22H20N2O5. The van der Waals surface area contributed by atoms with Crippen LogP contribution in [0.5, 0.6) is 11.5 Å². The van der Waals surface area contributed by atoms with Crippen LogP contribution in [0.25, 0.3) is 0 Å². The predicted molar refractivity (Wildman–Crippen MR) is 108 cm³/mol. The molecule has 0 fully saturated rings. The van der Waals surface area contributed by atoms with Crippen LogP contribution < -0.4 is 14.8 Å². The third kappa shape index (κ3) is 5.10. The van der Waals surface area contributed by atoms with Gasteiger partial charge in [-0.1, -0.05) is 54.6 Å². The molecule has 0 aromatic heterocycles. The summed E-state index contributed by atoms with van der Waals surface area (Å²) in [5.41, 5.74) is 1.59. The molecule has 0 aliphatic rings. The Labute approximate surface area is 168 Å². The van der Waals surface area contributed by atoms with Crippen molar-refractivity contribution in [2.24, 2.45) is 0 Å². The molecule has 3 aromatic rings. The summed E-state index contributed by atoms with van der Waals surface area (Å²) < 4.78 is 10.6. The fourth-order valence-electron chi connectivity index (χ4n) is 2.88. The molecule has 0 aliphatic carbocycles. The number of hydrogen-bond donors (Lipinski definition) is 1. The highest BCUT2D eigenvalue weighted by Crippen LogP contribution is 2.26. The van der Waals surface area contributed by atoms with Crippen molar-refractivity contribution < 1.29 is 19.2 Å². The first kappa shape index (κ1) is 19.9. The first-order valence-electron chi connectivity index (χ1n) is 8.93. The minimum absolute atomic E-state index is 0.0494. The van der Waals surface area contributed by atoms with Crippen molar-refractivity contribution in [1.82, 2.24) is 5.32 Å². The summed E-state index contributed by atoms with van der Waals surface area (Å²) in [6.07, 6.45) is 0. The molecule has 1 N–H and O–H groups in total. The molecule has 1 amide bonds. The van der Waals surface area contributed by atoms with E-state index in [9.17, 15) is 14.9 Å². The number of benzene rings is 3. The van der Waals surface area contributed by atoms with Crippen molar-refractivity contribution in [3.8, 4) is 11.5 Å². The summed E-state index contributed by atoms with van der Waals surface area (Å²) in [5, 5.41) is 14.0. The van der Waals surface area contributed by atoms with E-state index in [-0.39, 0.29) is 18.0 Å². The SMILES string of the molecule is COc1ccc(C(NC(=O)COc2ccccc2[N+](=O)[O-])c2ccccc2)cc1. The second kappa shape index (κ2) is 9.36. The first-order chi connectivity index (χ1) is 14.1. The van der Waals surface area contributed by atoms with Gasteiger partial charge in [-0.2, -0.15) is 0 Å². The Hall–Kier alpha value is -3.87. The van der Waals surface area contributed by atoms with Crippen LogP contribution in [0.1, 0.15) is 17.2 Å². The maximum Gasteiger partial charge on any atom is 0.310 e. The Balaban J connectivity index is 1.75. The average Bonchev–Trinajstić information content (AvgIpc) is 2.77. The lowest BCUT2D eigenvalue weighted by Gasteiger charge is -2.20. The van der Waals surface area contributed by atoms with E-state index in [1.165, 1.54) is 12.1 Å². The van der Waals surface area contributed by atoms with Crippen molar-refractivity contribution in [2.45, 2.75) is 6.04 Å². The fourth-order valence-corrected chi connectivity index (χ4v) is 2.88. The fraction of sp³-hybridized carbons (Fsp3) is 0.136. The number of methoxy groups -OCH3 is 1. The third-order valence-electron chi connectivity index (χ3n) is 4.31. The number of nitrogens with one attached hydrogen (secondary N) is 1. The van der Waals surface area contributed by atoms with Crippen molar-refractivity contribution in [1.29, 1.82) is 0 Å². The molecule has 0 saturated heterocycles. The van der Waals surface area contributed by atoms with E-state index in [0.717, 1.165) is 11.1 Å². The topological polar surface area (TPSA) is 90.7 Å². The van der Waals surface area contributed by atoms with Gasteiger partial charge in [0.2, 0.25) is 0 Å². The van der Waals surface area contributed by atoms with E-state index < -0.39 is 16.9 Å². The highest BCUT2D eigenvalue weighted by atomic mass is 16.6. The number of ether oxygens (including phenoxy) is 2. The largest absolute Gasteiger partial charge is 0.497 e. The molecule has 0 radical (unpaired) electrons. The molecule has 0 aliphatic heterocycles. The van der Waals surface area contributed by atoms with Crippen LogP contribution in [0.15, 0.2) is 78.9 Å². The van der Waals surface area contributed by atoms with Crippen LogP contribution in [-0.4, -0.2) is 24.5 Å². The zero-order valence-corrected chi connectivity index (χ0v) is 15.8. The van der Waals surface area contributed by atoms with Gasteiger partial charge < -0.3 is 14.8 Å². The van der Waals surface area contributed by atoms with Crippen molar-refractivity contribution in [3.05, 3.63) is 100 Å². The number of hydrogen-bond acceptors (Lipinski definition) is 5. The summed E-state index contributed by atoms with van der Waals surface area (Å²) in [6, 6.07) is 22.4. The third-order valence-corrected chi connectivity index (χ3v) is 4.31. The number of amides is 1. The highest BCUT2D eigenvalue weighted by molar-refractivity contribution is 5.78. The molecule has 0 saturated carbocycles. The molecule has 1 unspecified atom stereocenters. The molecule has 0 spiro atoms. The number of carbonyl (C=O) groups excluding carboxylic acids is 1. The van der Waals surface area contributed by atoms with E-state index in [0.29, 0.717) is 5.75 Å². The summed E-state index contributed by atoms with van der Waals surface area (Å²) in [5.74, 6) is 0.368. The Morgan fingerprint density at radius 3 is 2.24 bits per heavy atom. The van der Waals surface area contributed by atoms with Crippen molar-refractivity contribution in [2.75, 3.05) is 13.7 Å². The van der Waals surface area contributed by atoms with Gasteiger partial charge in [0.05, 0.1) is 18.1 Å². The maximum absolute atomic E-state index is 12.5. The zero-order valence-electron chi connectivity index (χ0n) is 15.8. The van der Waals surface area contributed by atoms with E-state index in [1.54, 1.807) is 19.2 Å². The van der Waals surface area contributed by atoms with Crippen LogP contribution in [-0.2, 0) is 4.79 Å². The first-order valence-corrected chi connectivity index (χ1v) is 8.93. The molecule has 1 atom stereocenters. The smallest absolute Gasteiger partial charge is 0.310 e. The molecule has 148 valence electrons. The maximum atomic E-state index is 12.5. The lowest BCUT2D eigenvalue weighted by Crippen LogP contribution is -2.33. The number of nitro benzene ring substituents is 1. The van der Waals surface area contributed by atoms with E-state index in [1.807, 2.05) is 54.6 Å². The van der Waals surface area contributed by atoms with Crippen LogP contribution in [0, 0.1) is 10.1 Å². The average molecular weight is 392 g/mol. The second-order valence-corrected chi connectivity index (χ2v) is 6.20. The van der Waals surface area contributed by atoms with Crippen molar-refractivity contribution in [3.63, 3.8) is 0 Å². The van der Waals surface area contributed by atoms with Crippen LogP contribution >= 0.6 is 0 Å². The summed E-state index contributed by atoms with van der Waals surface area (Å²) in [6.45, 7) is -0.343. The Morgan fingerprint density at radius 2 is 1.59 bits per heavy atom. The van der Waals surface area contributed by atoms with Gasteiger partial charge in [0.25, 0.3) is 5.91 Å². The van der Waals surface area contributed by atoms with Crippen LogP contribution in [0.3, 0.4) is 0 Å². The normalized spacial score (nSPS) is 11.3. The number of nitrogens with zero attached hydrogens (tertiary/aromatic N) is 1.